The van der Waals surface area contributed by atoms with Crippen LogP contribution in [-0.2, 0) is 17.1 Å². The third-order valence-corrected chi connectivity index (χ3v) is 2.32. The van der Waals surface area contributed by atoms with E-state index in [1.807, 2.05) is 0 Å². The second-order valence-corrected chi connectivity index (χ2v) is 3.66. The average Bonchev–Trinajstić information content (AvgIpc) is 2.85. The number of aliphatic hydroxyl groups is 1. The van der Waals surface area contributed by atoms with E-state index in [0.717, 1.165) is 0 Å². The van der Waals surface area contributed by atoms with Crippen molar-refractivity contribution in [3.63, 3.8) is 0 Å². The van der Waals surface area contributed by atoms with Crippen LogP contribution in [0.15, 0.2) is 0 Å². The van der Waals surface area contributed by atoms with Gasteiger partial charge in [-0.1, -0.05) is 44.9 Å². The molecule has 0 aliphatic heterocycles. The van der Waals surface area contributed by atoms with Crippen molar-refractivity contribution in [1.82, 2.24) is 0 Å². The molecule has 0 aromatic rings. The van der Waals surface area contributed by atoms with Gasteiger partial charge in [0.05, 0.1) is 0 Å². The maximum Gasteiger partial charge on any atom is 0.0402 e. The molecule has 2 heteroatoms. The van der Waals surface area contributed by atoms with Gasteiger partial charge >= 0.3 is 0 Å². The molecule has 0 spiro atoms. The molecule has 0 atom stereocenters. The Balaban J connectivity index is 0. The van der Waals surface area contributed by atoms with Crippen LogP contribution >= 0.6 is 0 Å². The Morgan fingerprint density at radius 2 is 1.14 bits per heavy atom. The minimum atomic E-state index is 0. The van der Waals surface area contributed by atoms with E-state index in [2.05, 4.69) is 6.42 Å². The molecule has 2 fully saturated rings. The molecule has 0 bridgehead atoms. The molecule has 0 aromatic carbocycles. The number of hydrogen-bond acceptors (Lipinski definition) is 1. The van der Waals surface area contributed by atoms with E-state index in [9.17, 15) is 0 Å². The minimum Gasteiger partial charge on any atom is -0.397 e. The van der Waals surface area contributed by atoms with E-state index in [4.69, 9.17) is 5.11 Å². The summed E-state index contributed by atoms with van der Waals surface area (Å²) in [4.78, 5) is 0. The molecule has 2 saturated carbocycles. The van der Waals surface area contributed by atoms with Crippen LogP contribution < -0.4 is 0 Å². The van der Waals surface area contributed by atoms with E-state index >= 15 is 0 Å². The van der Waals surface area contributed by atoms with Gasteiger partial charge in [0.15, 0.2) is 0 Å². The molecule has 2 rings (SSSR count). The van der Waals surface area contributed by atoms with Crippen molar-refractivity contribution in [3.8, 4) is 0 Å². The van der Waals surface area contributed by atoms with Crippen molar-refractivity contribution in [2.75, 3.05) is 6.61 Å². The van der Waals surface area contributed by atoms with Crippen molar-refractivity contribution >= 4 is 0 Å². The van der Waals surface area contributed by atoms with E-state index in [-0.39, 0.29) is 23.7 Å². The molecule has 2 aliphatic carbocycles. The number of aliphatic hydroxyl groups excluding tert-OH is 1. The van der Waals surface area contributed by atoms with Gasteiger partial charge in [0.25, 0.3) is 0 Å². The van der Waals surface area contributed by atoms with Gasteiger partial charge in [-0.05, 0) is 6.92 Å². The fourth-order valence-corrected chi connectivity index (χ4v) is 1.61. The van der Waals surface area contributed by atoms with Crippen molar-refractivity contribution in [2.24, 2.45) is 0 Å². The fraction of sp³-hybridized carbons (Fsp3) is 0.917. The van der Waals surface area contributed by atoms with E-state index in [0.29, 0.717) is 0 Å². The summed E-state index contributed by atoms with van der Waals surface area (Å²) in [6.07, 6.45) is 15.5. The average molecular weight is 241 g/mol. The van der Waals surface area contributed by atoms with Gasteiger partial charge in [-0.25, -0.2) is 0 Å². The van der Waals surface area contributed by atoms with Crippen LogP contribution in [0.4, 0.5) is 0 Å². The van der Waals surface area contributed by atoms with Gasteiger partial charge in [-0.2, -0.15) is 12.8 Å². The van der Waals surface area contributed by atoms with Gasteiger partial charge in [0.1, 0.15) is 0 Å². The van der Waals surface area contributed by atoms with Crippen LogP contribution in [0.2, 0.25) is 0 Å². The Labute approximate surface area is 100 Å². The first kappa shape index (κ1) is 16.9. The SMILES string of the molecule is C1CCCC1.CCO.[CH-]1CCCC1.[Fe]. The van der Waals surface area contributed by atoms with Crippen LogP contribution in [0.5, 0.6) is 0 Å². The van der Waals surface area contributed by atoms with Gasteiger partial charge < -0.3 is 11.5 Å². The molecule has 2 aliphatic rings. The summed E-state index contributed by atoms with van der Waals surface area (Å²) < 4.78 is 0. The predicted octanol–water partition coefficient (Wildman–Crippen LogP) is 3.71. The maximum absolute atomic E-state index is 7.57. The zero-order chi connectivity index (χ0) is 9.78. The van der Waals surface area contributed by atoms with Crippen LogP contribution in [0, 0.1) is 6.42 Å². The normalized spacial score (nSPS) is 18.4. The van der Waals surface area contributed by atoms with Crippen LogP contribution in [-0.4, -0.2) is 11.7 Å². The second-order valence-electron chi connectivity index (χ2n) is 3.66. The van der Waals surface area contributed by atoms with Gasteiger partial charge in [-0.15, -0.1) is 0 Å². The van der Waals surface area contributed by atoms with E-state index < -0.39 is 0 Å². The maximum atomic E-state index is 7.57. The summed E-state index contributed by atoms with van der Waals surface area (Å²) in [6.45, 7) is 1.93. The quantitative estimate of drug-likeness (QED) is 0.506. The first-order chi connectivity index (χ1) is 6.41. The van der Waals surface area contributed by atoms with Crippen molar-refractivity contribution in [2.45, 2.75) is 64.7 Å². The van der Waals surface area contributed by atoms with Crippen LogP contribution in [0.25, 0.3) is 0 Å². The molecule has 0 saturated heterocycles. The number of rotatable bonds is 0. The van der Waals surface area contributed by atoms with Gasteiger partial charge in [0, 0.05) is 23.7 Å². The molecule has 14 heavy (non-hydrogen) atoms. The van der Waals surface area contributed by atoms with E-state index in [1.54, 1.807) is 6.92 Å². The van der Waals surface area contributed by atoms with E-state index in [1.165, 1.54) is 57.8 Å². The summed E-state index contributed by atoms with van der Waals surface area (Å²) in [5, 5.41) is 7.57. The molecule has 0 aromatic heterocycles. The topological polar surface area (TPSA) is 20.2 Å². The van der Waals surface area contributed by atoms with Gasteiger partial charge in [0.2, 0.25) is 0 Å². The third-order valence-electron chi connectivity index (χ3n) is 2.32. The standard InChI is InChI=1S/C5H10.C5H9.C2H6O.Fe/c2*1-2-4-5-3-1;1-2-3;/h1-5H2;1H,2-5H2;3H,2H2,1H3;/q;-1;;. The molecular formula is C12H25FeO-. The fourth-order valence-electron chi connectivity index (χ4n) is 1.61. The third kappa shape index (κ3) is 15.0. The van der Waals surface area contributed by atoms with Gasteiger partial charge in [-0.3, -0.25) is 0 Å². The Kier molecular flexibility index (Phi) is 19.2. The molecule has 0 amide bonds. The zero-order valence-electron chi connectivity index (χ0n) is 9.45. The van der Waals surface area contributed by atoms with Crippen molar-refractivity contribution in [3.05, 3.63) is 6.42 Å². The summed E-state index contributed by atoms with van der Waals surface area (Å²) in [6, 6.07) is 0. The first-order valence-corrected chi connectivity index (χ1v) is 5.84. The molecule has 0 radical (unpaired) electrons. The van der Waals surface area contributed by atoms with Crippen LogP contribution in [0.1, 0.15) is 64.7 Å². The Bertz CT molecular complexity index is 53.2. The largest absolute Gasteiger partial charge is 0.397 e. The Hall–Kier alpha value is 0.479. The zero-order valence-corrected chi connectivity index (χ0v) is 10.6. The molecule has 1 N–H and O–H groups in total. The molecule has 0 heterocycles. The second kappa shape index (κ2) is 15.9. The summed E-state index contributed by atoms with van der Waals surface area (Å²) in [5.41, 5.74) is 0. The Morgan fingerprint density at radius 1 is 0.857 bits per heavy atom. The minimum absolute atomic E-state index is 0. The molecule has 1 nitrogen and oxygen atoms in total. The van der Waals surface area contributed by atoms with Crippen molar-refractivity contribution in [1.29, 1.82) is 0 Å². The van der Waals surface area contributed by atoms with Crippen LogP contribution in [0.3, 0.4) is 0 Å². The monoisotopic (exact) mass is 241 g/mol. The first-order valence-electron chi connectivity index (χ1n) is 5.84. The predicted molar refractivity (Wildman–Crippen MR) is 58.6 cm³/mol. The summed E-state index contributed by atoms with van der Waals surface area (Å²) in [5.74, 6) is 0. The molecule has 0 unspecified atom stereocenters. The summed E-state index contributed by atoms with van der Waals surface area (Å²) >= 11 is 0. The smallest absolute Gasteiger partial charge is 0.0402 e. The molecular weight excluding hydrogens is 216 g/mol. The number of hydrogen-bond donors (Lipinski definition) is 1. The molecule has 88 valence electrons. The Morgan fingerprint density at radius 3 is 1.29 bits per heavy atom. The summed E-state index contributed by atoms with van der Waals surface area (Å²) in [7, 11) is 0. The van der Waals surface area contributed by atoms with Crippen molar-refractivity contribution < 1.29 is 22.2 Å².